The Hall–Kier alpha value is -2.07. The molecule has 0 aliphatic carbocycles. The smallest absolute Gasteiger partial charge is 0.311 e. The third-order valence-corrected chi connectivity index (χ3v) is 3.41. The van der Waals surface area contributed by atoms with E-state index in [0.717, 1.165) is 22.4 Å². The van der Waals surface area contributed by atoms with Crippen molar-refractivity contribution in [1.29, 1.82) is 0 Å². The number of halogens is 1. The number of rotatable bonds is 3. The van der Waals surface area contributed by atoms with Crippen molar-refractivity contribution in [3.63, 3.8) is 0 Å². The third-order valence-electron chi connectivity index (χ3n) is 3.11. The molecule has 0 bridgehead atoms. The number of aryl methyl sites for hydroxylation is 3. The van der Waals surface area contributed by atoms with Gasteiger partial charge in [0.15, 0.2) is 0 Å². The van der Waals surface area contributed by atoms with E-state index >= 15 is 0 Å². The van der Waals surface area contributed by atoms with Crippen molar-refractivity contribution < 1.29 is 4.92 Å². The molecule has 0 fully saturated rings. The Morgan fingerprint density at radius 2 is 1.75 bits per heavy atom. The fourth-order valence-electron chi connectivity index (χ4n) is 2.31. The Balaban J connectivity index is 2.51. The van der Waals surface area contributed by atoms with Crippen LogP contribution in [0.15, 0.2) is 30.3 Å². The number of hydrogen-bond acceptors (Lipinski definition) is 3. The van der Waals surface area contributed by atoms with Crippen LogP contribution in [0.2, 0.25) is 5.02 Å². The summed E-state index contributed by atoms with van der Waals surface area (Å²) in [7, 11) is 0. The number of nitro benzene ring substituents is 1. The fourth-order valence-corrected chi connectivity index (χ4v) is 2.56. The zero-order chi connectivity index (χ0) is 14.9. The lowest BCUT2D eigenvalue weighted by atomic mass is 10.0. The molecule has 0 unspecified atom stereocenters. The number of nitrogens with one attached hydrogen (secondary N) is 1. The molecule has 0 heterocycles. The maximum absolute atomic E-state index is 11.1. The van der Waals surface area contributed by atoms with Gasteiger partial charge < -0.3 is 5.32 Å². The van der Waals surface area contributed by atoms with Crippen molar-refractivity contribution in [3.05, 3.63) is 62.2 Å². The Morgan fingerprint density at radius 3 is 2.30 bits per heavy atom. The highest BCUT2D eigenvalue weighted by Crippen LogP contribution is 2.35. The number of benzene rings is 2. The molecule has 1 N–H and O–H groups in total. The lowest BCUT2D eigenvalue weighted by molar-refractivity contribution is -0.383. The summed E-state index contributed by atoms with van der Waals surface area (Å²) < 4.78 is 0. The zero-order valence-corrected chi connectivity index (χ0v) is 12.3. The van der Waals surface area contributed by atoms with E-state index in [1.165, 1.54) is 6.07 Å². The lowest BCUT2D eigenvalue weighted by Crippen LogP contribution is -2.01. The average molecular weight is 291 g/mol. The first kappa shape index (κ1) is 14.3. The first-order valence-corrected chi connectivity index (χ1v) is 6.55. The van der Waals surface area contributed by atoms with E-state index in [-0.39, 0.29) is 10.7 Å². The molecule has 2 aromatic rings. The maximum atomic E-state index is 11.1. The van der Waals surface area contributed by atoms with Gasteiger partial charge >= 0.3 is 5.69 Å². The molecule has 0 atom stereocenters. The second-order valence-corrected chi connectivity index (χ2v) is 5.20. The van der Waals surface area contributed by atoms with Crippen LogP contribution >= 0.6 is 11.6 Å². The monoisotopic (exact) mass is 290 g/mol. The Labute approximate surface area is 122 Å². The molecule has 0 saturated heterocycles. The van der Waals surface area contributed by atoms with E-state index in [1.54, 1.807) is 12.1 Å². The normalized spacial score (nSPS) is 10.4. The van der Waals surface area contributed by atoms with Crippen LogP contribution < -0.4 is 5.32 Å². The van der Waals surface area contributed by atoms with E-state index in [4.69, 9.17) is 11.6 Å². The van der Waals surface area contributed by atoms with Gasteiger partial charge in [-0.05, 0) is 44.0 Å². The summed E-state index contributed by atoms with van der Waals surface area (Å²) >= 11 is 5.91. The summed E-state index contributed by atoms with van der Waals surface area (Å²) in [5.41, 5.74) is 4.41. The molecule has 0 aliphatic rings. The molecule has 0 aliphatic heterocycles. The largest absolute Gasteiger partial charge is 0.349 e. The molecule has 4 nitrogen and oxygen atoms in total. The van der Waals surface area contributed by atoms with E-state index < -0.39 is 4.92 Å². The van der Waals surface area contributed by atoms with Crippen LogP contribution in [0.3, 0.4) is 0 Å². The molecule has 2 rings (SSSR count). The third kappa shape index (κ3) is 2.75. The van der Waals surface area contributed by atoms with Crippen molar-refractivity contribution in [3.8, 4) is 0 Å². The molecule has 0 aromatic heterocycles. The van der Waals surface area contributed by atoms with Gasteiger partial charge in [0.1, 0.15) is 10.7 Å². The van der Waals surface area contributed by atoms with Gasteiger partial charge in [0, 0.05) is 5.69 Å². The topological polar surface area (TPSA) is 55.2 Å². The SMILES string of the molecule is Cc1cc(C)c(Nc2cccc(Cl)c2[N+](=O)[O-])c(C)c1. The molecule has 104 valence electrons. The summed E-state index contributed by atoms with van der Waals surface area (Å²) in [5.74, 6) is 0. The van der Waals surface area contributed by atoms with Crippen molar-refractivity contribution in [2.75, 3.05) is 5.32 Å². The van der Waals surface area contributed by atoms with Crippen molar-refractivity contribution in [1.82, 2.24) is 0 Å². The Bertz CT molecular complexity index is 661. The maximum Gasteiger partial charge on any atom is 0.311 e. The minimum atomic E-state index is -0.469. The van der Waals surface area contributed by atoms with Crippen molar-refractivity contribution >= 4 is 28.7 Å². The summed E-state index contributed by atoms with van der Waals surface area (Å²) in [6, 6.07) is 8.93. The molecule has 20 heavy (non-hydrogen) atoms. The number of nitro groups is 1. The number of anilines is 2. The van der Waals surface area contributed by atoms with E-state index in [0.29, 0.717) is 5.69 Å². The first-order chi connectivity index (χ1) is 9.40. The lowest BCUT2D eigenvalue weighted by Gasteiger charge is -2.14. The number of nitrogens with zero attached hydrogens (tertiary/aromatic N) is 1. The molecule has 2 aromatic carbocycles. The van der Waals surface area contributed by atoms with Crippen LogP contribution in [-0.2, 0) is 0 Å². The molecule has 5 heteroatoms. The van der Waals surface area contributed by atoms with Crippen LogP contribution in [0.4, 0.5) is 17.1 Å². The second kappa shape index (κ2) is 5.51. The molecular weight excluding hydrogens is 276 g/mol. The number of hydrogen-bond donors (Lipinski definition) is 1. The Kier molecular flexibility index (Phi) is 3.95. The van der Waals surface area contributed by atoms with Gasteiger partial charge in [0.2, 0.25) is 0 Å². The summed E-state index contributed by atoms with van der Waals surface area (Å²) in [6.45, 7) is 5.96. The average Bonchev–Trinajstić information content (AvgIpc) is 2.33. The second-order valence-electron chi connectivity index (χ2n) is 4.79. The highest BCUT2D eigenvalue weighted by Gasteiger charge is 2.19. The van der Waals surface area contributed by atoms with Crippen LogP contribution in [-0.4, -0.2) is 4.92 Å². The highest BCUT2D eigenvalue weighted by molar-refractivity contribution is 6.33. The minimum absolute atomic E-state index is 0.103. The molecule has 0 radical (unpaired) electrons. The number of para-hydroxylation sites is 1. The van der Waals surface area contributed by atoms with Gasteiger partial charge in [-0.25, -0.2) is 0 Å². The predicted octanol–water partition coefficient (Wildman–Crippen LogP) is 4.92. The molecule has 0 saturated carbocycles. The van der Waals surface area contributed by atoms with Crippen LogP contribution in [0.5, 0.6) is 0 Å². The fraction of sp³-hybridized carbons (Fsp3) is 0.200. The standard InChI is InChI=1S/C15H15ClN2O2/c1-9-7-10(2)14(11(3)8-9)17-13-6-4-5-12(16)15(13)18(19)20/h4-8,17H,1-3H3. The van der Waals surface area contributed by atoms with Gasteiger partial charge in [-0.15, -0.1) is 0 Å². The van der Waals surface area contributed by atoms with Gasteiger partial charge in [-0.2, -0.15) is 0 Å². The zero-order valence-electron chi connectivity index (χ0n) is 11.5. The quantitative estimate of drug-likeness (QED) is 0.645. The summed E-state index contributed by atoms with van der Waals surface area (Å²) in [4.78, 5) is 10.7. The highest BCUT2D eigenvalue weighted by atomic mass is 35.5. The van der Waals surface area contributed by atoms with E-state index in [1.807, 2.05) is 32.9 Å². The van der Waals surface area contributed by atoms with Gasteiger partial charge in [0.25, 0.3) is 0 Å². The predicted molar refractivity (Wildman–Crippen MR) is 82.0 cm³/mol. The van der Waals surface area contributed by atoms with Crippen molar-refractivity contribution in [2.24, 2.45) is 0 Å². The van der Waals surface area contributed by atoms with Gasteiger partial charge in [-0.3, -0.25) is 10.1 Å². The minimum Gasteiger partial charge on any atom is -0.349 e. The van der Waals surface area contributed by atoms with E-state index in [2.05, 4.69) is 5.32 Å². The van der Waals surface area contributed by atoms with Crippen LogP contribution in [0.1, 0.15) is 16.7 Å². The molecular formula is C15H15ClN2O2. The van der Waals surface area contributed by atoms with Crippen LogP contribution in [0.25, 0.3) is 0 Å². The first-order valence-electron chi connectivity index (χ1n) is 6.18. The Morgan fingerprint density at radius 1 is 1.15 bits per heavy atom. The van der Waals surface area contributed by atoms with Gasteiger partial charge in [0.05, 0.1) is 4.92 Å². The summed E-state index contributed by atoms with van der Waals surface area (Å²) in [5, 5.41) is 14.4. The molecule has 0 spiro atoms. The van der Waals surface area contributed by atoms with Crippen LogP contribution in [0, 0.1) is 30.9 Å². The van der Waals surface area contributed by atoms with Gasteiger partial charge in [-0.1, -0.05) is 35.4 Å². The van der Waals surface area contributed by atoms with Crippen molar-refractivity contribution in [2.45, 2.75) is 20.8 Å². The summed E-state index contributed by atoms with van der Waals surface area (Å²) in [6.07, 6.45) is 0. The molecule has 0 amide bonds. The van der Waals surface area contributed by atoms with E-state index in [9.17, 15) is 10.1 Å².